The van der Waals surface area contributed by atoms with Crippen molar-refractivity contribution in [2.75, 3.05) is 18.8 Å². The van der Waals surface area contributed by atoms with Gasteiger partial charge in [-0.25, -0.2) is 13.2 Å². The summed E-state index contributed by atoms with van der Waals surface area (Å²) in [6, 6.07) is -3.46. The molecule has 276 valence electrons. The van der Waals surface area contributed by atoms with E-state index in [9.17, 15) is 32.4 Å². The Morgan fingerprint density at radius 1 is 0.959 bits per heavy atom. The zero-order valence-electron chi connectivity index (χ0n) is 30.0. The van der Waals surface area contributed by atoms with Crippen molar-refractivity contribution in [3.05, 3.63) is 12.7 Å². The number of nitrogens with one attached hydrogen (secondary N) is 4. The van der Waals surface area contributed by atoms with Crippen molar-refractivity contribution in [2.24, 2.45) is 17.3 Å². The fraction of sp³-hybridized carbons (Fsp3) is 0.806. The predicted octanol–water partition coefficient (Wildman–Crippen LogP) is 3.54. The van der Waals surface area contributed by atoms with E-state index in [0.29, 0.717) is 45.1 Å². The number of nitrogens with zero attached hydrogens (tertiary/aromatic N) is 1. The average molecular weight is 706 g/mol. The maximum absolute atomic E-state index is 14.5. The summed E-state index contributed by atoms with van der Waals surface area (Å²) in [6.07, 6.45) is 11.4. The lowest BCUT2D eigenvalue weighted by Gasteiger charge is -2.45. The van der Waals surface area contributed by atoms with E-state index in [1.54, 1.807) is 4.90 Å². The lowest BCUT2D eigenvalue weighted by Crippen LogP contribution is -2.66. The van der Waals surface area contributed by atoms with Crippen LogP contribution in [-0.2, 0) is 29.0 Å². The maximum Gasteiger partial charge on any atom is 0.315 e. The van der Waals surface area contributed by atoms with E-state index in [1.165, 1.54) is 6.08 Å². The van der Waals surface area contributed by atoms with E-state index in [4.69, 9.17) is 0 Å². The Hall–Kier alpha value is -2.96. The van der Waals surface area contributed by atoms with Crippen molar-refractivity contribution >= 4 is 39.4 Å². The summed E-state index contributed by atoms with van der Waals surface area (Å²) in [5, 5.41) is 10.7. The van der Waals surface area contributed by atoms with Gasteiger partial charge in [0, 0.05) is 13.1 Å². The molecule has 4 N–H and O–H groups in total. The molecule has 2 aliphatic heterocycles. The first-order valence-electron chi connectivity index (χ1n) is 18.5. The Bertz CT molecular complexity index is 1350. The first kappa shape index (κ1) is 38.8. The predicted molar refractivity (Wildman–Crippen MR) is 188 cm³/mol. The molecule has 0 aromatic heterocycles. The molecule has 49 heavy (non-hydrogen) atoms. The van der Waals surface area contributed by atoms with Gasteiger partial charge >= 0.3 is 6.03 Å². The van der Waals surface area contributed by atoms with Gasteiger partial charge in [0.2, 0.25) is 17.6 Å². The minimum atomic E-state index is -3.39. The van der Waals surface area contributed by atoms with E-state index < -0.39 is 67.8 Å². The number of rotatable bonds is 13. The number of sulfone groups is 1. The second-order valence-electron chi connectivity index (χ2n) is 15.8. The molecule has 13 heteroatoms. The third-order valence-electron chi connectivity index (χ3n) is 11.2. The minimum absolute atomic E-state index is 0.100. The summed E-state index contributed by atoms with van der Waals surface area (Å²) >= 11 is 0. The summed E-state index contributed by atoms with van der Waals surface area (Å²) in [5.41, 5.74) is -1.63. The Kier molecular flexibility index (Phi) is 13.0. The topological polar surface area (TPSA) is 171 Å². The van der Waals surface area contributed by atoms with Gasteiger partial charge in [0.25, 0.3) is 5.91 Å². The average Bonchev–Trinajstić information content (AvgIpc) is 3.65. The van der Waals surface area contributed by atoms with E-state index in [1.807, 2.05) is 27.7 Å². The third-order valence-corrected chi connectivity index (χ3v) is 13.7. The van der Waals surface area contributed by atoms with Crippen LogP contribution in [0, 0.1) is 17.3 Å². The van der Waals surface area contributed by atoms with Gasteiger partial charge in [0.1, 0.15) is 12.1 Å². The molecule has 4 rings (SSSR count). The fourth-order valence-electron chi connectivity index (χ4n) is 8.71. The minimum Gasteiger partial charge on any atom is -0.346 e. The second-order valence-corrected chi connectivity index (χ2v) is 18.1. The third kappa shape index (κ3) is 9.05. The number of amides is 5. The molecule has 0 aromatic rings. The maximum atomic E-state index is 14.5. The summed E-state index contributed by atoms with van der Waals surface area (Å²) < 4.78 is 26.5. The zero-order chi connectivity index (χ0) is 36.0. The van der Waals surface area contributed by atoms with Gasteiger partial charge in [0.15, 0.2) is 9.84 Å². The van der Waals surface area contributed by atoms with Crippen LogP contribution in [0.4, 0.5) is 4.79 Å². The Labute approximate surface area is 292 Å². The number of likely N-dealkylation sites (tertiary alicyclic amines) is 1. The lowest BCUT2D eigenvalue weighted by molar-refractivity contribution is -0.144. The van der Waals surface area contributed by atoms with Gasteiger partial charge in [0.05, 0.1) is 22.6 Å². The highest BCUT2D eigenvalue weighted by Gasteiger charge is 2.53. The van der Waals surface area contributed by atoms with Gasteiger partial charge in [-0.1, -0.05) is 78.7 Å². The summed E-state index contributed by atoms with van der Waals surface area (Å²) in [6.45, 7) is 11.6. The Morgan fingerprint density at radius 3 is 2.31 bits per heavy atom. The Balaban J connectivity index is 1.56. The van der Waals surface area contributed by atoms with Crippen LogP contribution < -0.4 is 21.3 Å². The number of hydrogen-bond donors (Lipinski definition) is 4. The second kappa shape index (κ2) is 16.4. The standard InChI is InChI=1S/C36H59N5O7S/c1-6-8-17-26(29(42)32(44)37-21-7-2)38-31(43)28-25-16-14-15-24(25)23-41(28)33(45)30(35(3,4)5)39-34(46)40-36(19-11-9-12-20-36)27-18-10-13-22-49(27,47)48/h7,24-28,30H,2,6,8-23H2,1,3-5H3,(H,37,44)(H,38,43)(H2,39,40,46)/t24-,25-,26-,27+,28-,30+/m0/s1. The highest BCUT2D eigenvalue weighted by Crippen LogP contribution is 2.43. The molecule has 6 atom stereocenters. The van der Waals surface area contributed by atoms with E-state index >= 15 is 0 Å². The van der Waals surface area contributed by atoms with Crippen LogP contribution in [0.2, 0.25) is 0 Å². The van der Waals surface area contributed by atoms with Crippen LogP contribution in [0.1, 0.15) is 118 Å². The van der Waals surface area contributed by atoms with Crippen LogP contribution in [0.3, 0.4) is 0 Å². The monoisotopic (exact) mass is 705 g/mol. The van der Waals surface area contributed by atoms with Crippen LogP contribution in [0.25, 0.3) is 0 Å². The van der Waals surface area contributed by atoms with Crippen molar-refractivity contribution in [3.63, 3.8) is 0 Å². The number of carbonyl (C=O) groups is 5. The Morgan fingerprint density at radius 2 is 1.67 bits per heavy atom. The van der Waals surface area contributed by atoms with Crippen LogP contribution in [0.15, 0.2) is 12.7 Å². The normalized spacial score (nSPS) is 27.2. The van der Waals surface area contributed by atoms with Crippen molar-refractivity contribution in [1.82, 2.24) is 26.2 Å². The molecule has 2 aliphatic carbocycles. The quantitative estimate of drug-likeness (QED) is 0.168. The molecule has 2 saturated heterocycles. The molecular weight excluding hydrogens is 646 g/mol. The number of urea groups is 1. The van der Waals surface area contributed by atoms with Crippen LogP contribution in [0.5, 0.6) is 0 Å². The lowest BCUT2D eigenvalue weighted by atomic mass is 9.77. The van der Waals surface area contributed by atoms with E-state index in [2.05, 4.69) is 27.8 Å². The van der Waals surface area contributed by atoms with E-state index in [0.717, 1.165) is 51.4 Å². The molecule has 4 fully saturated rings. The molecule has 4 aliphatic rings. The molecule has 0 unspecified atom stereocenters. The summed E-state index contributed by atoms with van der Waals surface area (Å²) in [5.74, 6) is -2.25. The summed E-state index contributed by atoms with van der Waals surface area (Å²) in [4.78, 5) is 69.8. The molecule has 2 saturated carbocycles. The van der Waals surface area contributed by atoms with Crippen molar-refractivity contribution in [2.45, 2.75) is 147 Å². The zero-order valence-corrected chi connectivity index (χ0v) is 30.8. The van der Waals surface area contributed by atoms with Gasteiger partial charge in [-0.05, 0) is 62.2 Å². The number of Topliss-reactive ketones (excluding diaryl/α,β-unsaturated/α-hetero) is 1. The number of fused-ring (bicyclic) bond motifs is 1. The summed E-state index contributed by atoms with van der Waals surface area (Å²) in [7, 11) is -3.39. The molecule has 0 spiro atoms. The molecule has 5 amide bonds. The number of unbranched alkanes of at least 4 members (excludes halogenated alkanes) is 1. The molecule has 2 heterocycles. The SMILES string of the molecule is C=CCNC(=O)C(=O)[C@H](CCCC)NC(=O)[C@@H]1[C@H]2CCC[C@H]2CN1C(=O)[C@@H](NC(=O)NC1([C@H]2CCCCS2(=O)=O)CCCCC1)C(C)(C)C. The van der Waals surface area contributed by atoms with Crippen LogP contribution in [-0.4, -0.2) is 90.6 Å². The van der Waals surface area contributed by atoms with Gasteiger partial charge in [-0.2, -0.15) is 0 Å². The molecule has 12 nitrogen and oxygen atoms in total. The van der Waals surface area contributed by atoms with Gasteiger partial charge in [-0.3, -0.25) is 19.2 Å². The van der Waals surface area contributed by atoms with Crippen molar-refractivity contribution in [1.29, 1.82) is 0 Å². The fourth-order valence-corrected chi connectivity index (χ4v) is 11.1. The number of carbonyl (C=O) groups excluding carboxylic acids is 5. The van der Waals surface area contributed by atoms with E-state index in [-0.39, 0.29) is 30.0 Å². The van der Waals surface area contributed by atoms with Gasteiger partial charge < -0.3 is 26.2 Å². The largest absolute Gasteiger partial charge is 0.346 e. The number of hydrogen-bond acceptors (Lipinski definition) is 7. The van der Waals surface area contributed by atoms with Crippen LogP contribution >= 0.6 is 0 Å². The number of ketones is 1. The first-order valence-corrected chi connectivity index (χ1v) is 20.2. The molecular formula is C36H59N5O7S. The smallest absolute Gasteiger partial charge is 0.315 e. The molecule has 0 aromatic carbocycles. The molecule has 0 radical (unpaired) electrons. The highest BCUT2D eigenvalue weighted by atomic mass is 32.2. The molecule has 0 bridgehead atoms. The highest BCUT2D eigenvalue weighted by molar-refractivity contribution is 7.92. The first-order chi connectivity index (χ1) is 23.1. The van der Waals surface area contributed by atoms with Crippen molar-refractivity contribution < 1.29 is 32.4 Å². The van der Waals surface area contributed by atoms with Crippen molar-refractivity contribution in [3.8, 4) is 0 Å². The van der Waals surface area contributed by atoms with Gasteiger partial charge in [-0.15, -0.1) is 6.58 Å².